The van der Waals surface area contributed by atoms with Crippen LogP contribution in [0.3, 0.4) is 0 Å². The van der Waals surface area contributed by atoms with Crippen LogP contribution in [0.2, 0.25) is 0 Å². The number of aliphatic imine (C=N–C) groups is 1. The van der Waals surface area contributed by atoms with E-state index < -0.39 is 0 Å². The molecule has 1 aliphatic heterocycles. The van der Waals surface area contributed by atoms with Crippen LogP contribution in [-0.4, -0.2) is 12.8 Å². The molecule has 0 aliphatic carbocycles. The molecule has 1 aliphatic rings. The first-order chi connectivity index (χ1) is 9.25. The van der Waals surface area contributed by atoms with E-state index in [1.165, 1.54) is 27.8 Å². The lowest BCUT2D eigenvalue weighted by molar-refractivity contribution is 0.869. The fourth-order valence-electron chi connectivity index (χ4n) is 2.72. The zero-order valence-electron chi connectivity index (χ0n) is 11.6. The van der Waals surface area contributed by atoms with E-state index in [1.807, 2.05) is 6.21 Å². The molecule has 2 aromatic carbocycles. The van der Waals surface area contributed by atoms with E-state index >= 15 is 0 Å². The summed E-state index contributed by atoms with van der Waals surface area (Å²) in [6.45, 7) is 5.42. The van der Waals surface area contributed by atoms with Crippen molar-refractivity contribution in [2.75, 3.05) is 6.54 Å². The van der Waals surface area contributed by atoms with Crippen molar-refractivity contribution in [1.29, 1.82) is 0 Å². The molecule has 0 fully saturated rings. The molecule has 0 bridgehead atoms. The molecule has 96 valence electrons. The first-order valence-corrected chi connectivity index (χ1v) is 6.98. The zero-order valence-corrected chi connectivity index (χ0v) is 11.6. The van der Waals surface area contributed by atoms with Gasteiger partial charge in [0.25, 0.3) is 0 Å². The smallest absolute Gasteiger partial charge is 0.0430 e. The zero-order chi connectivity index (χ0) is 13.2. The molecule has 1 heterocycles. The molecule has 0 atom stereocenters. The maximum atomic E-state index is 4.39. The number of nitrogens with zero attached hydrogens (tertiary/aromatic N) is 1. The van der Waals surface area contributed by atoms with Gasteiger partial charge in [-0.2, -0.15) is 0 Å². The van der Waals surface area contributed by atoms with Crippen LogP contribution in [0.25, 0.3) is 11.1 Å². The molecule has 3 rings (SSSR count). The molecular weight excluding hydrogens is 230 g/mol. The maximum Gasteiger partial charge on any atom is 0.0430 e. The summed E-state index contributed by atoms with van der Waals surface area (Å²) in [7, 11) is 0. The van der Waals surface area contributed by atoms with Gasteiger partial charge in [-0.3, -0.25) is 4.99 Å². The molecule has 1 heteroatoms. The minimum absolute atomic E-state index is 0.542. The van der Waals surface area contributed by atoms with Crippen LogP contribution >= 0.6 is 0 Å². The predicted molar refractivity (Wildman–Crippen MR) is 82.1 cm³/mol. The first-order valence-electron chi connectivity index (χ1n) is 6.98. The van der Waals surface area contributed by atoms with Crippen molar-refractivity contribution in [3.63, 3.8) is 0 Å². The van der Waals surface area contributed by atoms with Crippen LogP contribution in [0.5, 0.6) is 0 Å². The highest BCUT2D eigenvalue weighted by atomic mass is 14.7. The Morgan fingerprint density at radius 1 is 1.05 bits per heavy atom. The van der Waals surface area contributed by atoms with Gasteiger partial charge in [0.1, 0.15) is 0 Å². The summed E-state index contributed by atoms with van der Waals surface area (Å²) in [4.78, 5) is 4.39. The highest BCUT2D eigenvalue weighted by molar-refractivity contribution is 5.86. The van der Waals surface area contributed by atoms with Crippen LogP contribution in [-0.2, 0) is 6.42 Å². The number of hydrogen-bond acceptors (Lipinski definition) is 1. The van der Waals surface area contributed by atoms with Gasteiger partial charge in [0, 0.05) is 12.8 Å². The minimum Gasteiger partial charge on any atom is -0.292 e. The molecule has 0 saturated carbocycles. The average molecular weight is 249 g/mol. The Morgan fingerprint density at radius 3 is 2.74 bits per heavy atom. The van der Waals surface area contributed by atoms with Gasteiger partial charge in [-0.25, -0.2) is 0 Å². The summed E-state index contributed by atoms with van der Waals surface area (Å²) in [5, 5.41) is 0. The fourth-order valence-corrected chi connectivity index (χ4v) is 2.72. The monoisotopic (exact) mass is 249 g/mol. The molecule has 0 amide bonds. The fraction of sp³-hybridized carbons (Fsp3) is 0.278. The van der Waals surface area contributed by atoms with Crippen LogP contribution < -0.4 is 0 Å². The van der Waals surface area contributed by atoms with Crippen molar-refractivity contribution in [2.45, 2.75) is 26.2 Å². The molecule has 2 aromatic rings. The van der Waals surface area contributed by atoms with Gasteiger partial charge < -0.3 is 0 Å². The van der Waals surface area contributed by atoms with Crippen molar-refractivity contribution in [3.05, 3.63) is 59.2 Å². The molecule has 0 unspecified atom stereocenters. The normalized spacial score (nSPS) is 13.6. The lowest BCUT2D eigenvalue weighted by atomic mass is 9.90. The lowest BCUT2D eigenvalue weighted by Gasteiger charge is -2.15. The number of hydrogen-bond donors (Lipinski definition) is 0. The van der Waals surface area contributed by atoms with Crippen LogP contribution in [0.4, 0.5) is 0 Å². The summed E-state index contributed by atoms with van der Waals surface area (Å²) in [6.07, 6.45) is 3.08. The third kappa shape index (κ3) is 2.33. The van der Waals surface area contributed by atoms with Gasteiger partial charge in [0.15, 0.2) is 0 Å². The van der Waals surface area contributed by atoms with Crippen LogP contribution in [0.1, 0.15) is 36.5 Å². The Balaban J connectivity index is 2.11. The molecule has 0 N–H and O–H groups in total. The second-order valence-electron chi connectivity index (χ2n) is 5.44. The van der Waals surface area contributed by atoms with Gasteiger partial charge in [-0.05, 0) is 46.2 Å². The van der Waals surface area contributed by atoms with Gasteiger partial charge in [0.2, 0.25) is 0 Å². The summed E-state index contributed by atoms with van der Waals surface area (Å²) in [6, 6.07) is 15.5. The summed E-state index contributed by atoms with van der Waals surface area (Å²) in [5.74, 6) is 0.542. The largest absolute Gasteiger partial charge is 0.292 e. The van der Waals surface area contributed by atoms with Gasteiger partial charge in [-0.1, -0.05) is 50.2 Å². The molecular formula is C18H19N. The van der Waals surface area contributed by atoms with E-state index in [-0.39, 0.29) is 0 Å². The van der Waals surface area contributed by atoms with E-state index in [1.54, 1.807) is 0 Å². The maximum absolute atomic E-state index is 4.39. The summed E-state index contributed by atoms with van der Waals surface area (Å²) < 4.78 is 0. The third-order valence-corrected chi connectivity index (χ3v) is 3.78. The molecule has 0 saturated heterocycles. The lowest BCUT2D eigenvalue weighted by Crippen LogP contribution is -2.03. The van der Waals surface area contributed by atoms with E-state index in [0.717, 1.165) is 13.0 Å². The summed E-state index contributed by atoms with van der Waals surface area (Å²) >= 11 is 0. The van der Waals surface area contributed by atoms with Crippen LogP contribution in [0, 0.1) is 0 Å². The van der Waals surface area contributed by atoms with Crippen LogP contribution in [0.15, 0.2) is 47.5 Å². The SMILES string of the molecule is CC(C)c1ccccc1-c1ccc2c(c1)C=NCC2. The van der Waals surface area contributed by atoms with E-state index in [4.69, 9.17) is 0 Å². The van der Waals surface area contributed by atoms with E-state index in [2.05, 4.69) is 61.3 Å². The number of fused-ring (bicyclic) bond motifs is 1. The molecule has 0 radical (unpaired) electrons. The quantitative estimate of drug-likeness (QED) is 0.745. The van der Waals surface area contributed by atoms with Crippen molar-refractivity contribution >= 4 is 6.21 Å². The first kappa shape index (κ1) is 12.2. The van der Waals surface area contributed by atoms with Crippen molar-refractivity contribution in [3.8, 4) is 11.1 Å². The standard InChI is InChI=1S/C18H19N/c1-13(2)17-5-3-4-6-18(17)15-8-7-14-9-10-19-12-16(14)11-15/h3-8,11-13H,9-10H2,1-2H3. The molecule has 0 spiro atoms. The number of benzene rings is 2. The Kier molecular flexibility index (Phi) is 3.20. The molecule has 1 nitrogen and oxygen atoms in total. The predicted octanol–water partition coefficient (Wildman–Crippen LogP) is 4.45. The Hall–Kier alpha value is -1.89. The van der Waals surface area contributed by atoms with E-state index in [0.29, 0.717) is 5.92 Å². The topological polar surface area (TPSA) is 12.4 Å². The average Bonchev–Trinajstić information content (AvgIpc) is 2.46. The summed E-state index contributed by atoms with van der Waals surface area (Å²) in [5.41, 5.74) is 6.76. The van der Waals surface area contributed by atoms with Gasteiger partial charge in [-0.15, -0.1) is 0 Å². The Bertz CT molecular complexity index is 623. The Morgan fingerprint density at radius 2 is 1.89 bits per heavy atom. The molecule has 19 heavy (non-hydrogen) atoms. The minimum atomic E-state index is 0.542. The number of rotatable bonds is 2. The van der Waals surface area contributed by atoms with Crippen molar-refractivity contribution < 1.29 is 0 Å². The van der Waals surface area contributed by atoms with Crippen molar-refractivity contribution in [2.24, 2.45) is 4.99 Å². The highest BCUT2D eigenvalue weighted by Gasteiger charge is 2.11. The molecule has 0 aromatic heterocycles. The van der Waals surface area contributed by atoms with E-state index in [9.17, 15) is 0 Å². The van der Waals surface area contributed by atoms with Crippen molar-refractivity contribution in [1.82, 2.24) is 0 Å². The van der Waals surface area contributed by atoms with Gasteiger partial charge >= 0.3 is 0 Å². The highest BCUT2D eigenvalue weighted by Crippen LogP contribution is 2.30. The third-order valence-electron chi connectivity index (χ3n) is 3.78. The van der Waals surface area contributed by atoms with Gasteiger partial charge in [0.05, 0.1) is 0 Å². The second-order valence-corrected chi connectivity index (χ2v) is 5.44. The second kappa shape index (κ2) is 5.00. The Labute approximate surface area is 115 Å².